The van der Waals surface area contributed by atoms with Gasteiger partial charge in [0, 0.05) is 22.4 Å². The van der Waals surface area contributed by atoms with Crippen molar-refractivity contribution < 1.29 is 0 Å². The molecular formula is C16H19ClN2S. The number of aromatic nitrogens is 1. The third-order valence-corrected chi connectivity index (χ3v) is 5.28. The zero-order chi connectivity index (χ0) is 14.3. The molecule has 2 aromatic rings. The zero-order valence-electron chi connectivity index (χ0n) is 11.8. The van der Waals surface area contributed by atoms with Crippen molar-refractivity contribution in [2.75, 3.05) is 0 Å². The summed E-state index contributed by atoms with van der Waals surface area (Å²) < 4.78 is 0. The van der Waals surface area contributed by atoms with E-state index < -0.39 is 0 Å². The van der Waals surface area contributed by atoms with Crippen LogP contribution in [0.1, 0.15) is 47.5 Å². The molecule has 2 nitrogen and oxygen atoms in total. The molecule has 1 unspecified atom stereocenters. The van der Waals surface area contributed by atoms with E-state index in [0.29, 0.717) is 0 Å². The predicted octanol–water partition coefficient (Wildman–Crippen LogP) is 4.36. The Bertz CT molecular complexity index is 616. The van der Waals surface area contributed by atoms with Crippen LogP contribution in [0.15, 0.2) is 24.3 Å². The highest BCUT2D eigenvalue weighted by Crippen LogP contribution is 2.42. The first-order valence-electron chi connectivity index (χ1n) is 6.91. The number of hydrogen-bond donors (Lipinski definition) is 1. The number of fused-ring (bicyclic) bond motifs is 1. The van der Waals surface area contributed by atoms with Crippen LogP contribution < -0.4 is 5.73 Å². The molecule has 0 bridgehead atoms. The lowest BCUT2D eigenvalue weighted by Gasteiger charge is -2.32. The minimum atomic E-state index is 0.144. The molecule has 0 amide bonds. The average molecular weight is 307 g/mol. The molecule has 1 atom stereocenters. The summed E-state index contributed by atoms with van der Waals surface area (Å²) in [5, 5.41) is 1.93. The van der Waals surface area contributed by atoms with E-state index in [4.69, 9.17) is 22.3 Å². The van der Waals surface area contributed by atoms with E-state index in [0.717, 1.165) is 29.3 Å². The Balaban J connectivity index is 1.85. The van der Waals surface area contributed by atoms with Crippen LogP contribution >= 0.6 is 22.9 Å². The van der Waals surface area contributed by atoms with E-state index in [9.17, 15) is 0 Å². The average Bonchev–Trinajstić information content (AvgIpc) is 2.73. The molecular weight excluding hydrogens is 288 g/mol. The Morgan fingerprint density at radius 1 is 1.35 bits per heavy atom. The molecule has 4 heteroatoms. The minimum absolute atomic E-state index is 0.144. The third-order valence-electron chi connectivity index (χ3n) is 3.80. The van der Waals surface area contributed by atoms with Crippen LogP contribution in [0, 0.1) is 5.41 Å². The van der Waals surface area contributed by atoms with Crippen LogP contribution in [0.5, 0.6) is 0 Å². The van der Waals surface area contributed by atoms with Crippen molar-refractivity contribution in [2.45, 2.75) is 39.2 Å². The molecule has 2 N–H and O–H groups in total. The highest BCUT2D eigenvalue weighted by Gasteiger charge is 2.33. The number of nitrogens with two attached hydrogens (primary N) is 1. The van der Waals surface area contributed by atoms with Gasteiger partial charge in [0.2, 0.25) is 0 Å². The van der Waals surface area contributed by atoms with Crippen molar-refractivity contribution in [1.82, 2.24) is 4.98 Å². The van der Waals surface area contributed by atoms with Gasteiger partial charge in [0.1, 0.15) is 0 Å². The van der Waals surface area contributed by atoms with Crippen molar-refractivity contribution in [2.24, 2.45) is 11.1 Å². The number of rotatable bonds is 2. The Morgan fingerprint density at radius 2 is 2.05 bits per heavy atom. The summed E-state index contributed by atoms with van der Waals surface area (Å²) >= 11 is 7.69. The standard InChI is InChI=1S/C16H19ClN2S/c1-16(2)8-12(18)15-13(9-16)19-14(20-15)7-10-3-5-11(17)6-4-10/h3-6,12H,7-9,18H2,1-2H3. The smallest absolute Gasteiger partial charge is 0.0975 e. The minimum Gasteiger partial charge on any atom is -0.323 e. The van der Waals surface area contributed by atoms with Crippen LogP contribution in [-0.2, 0) is 12.8 Å². The van der Waals surface area contributed by atoms with Crippen molar-refractivity contribution in [1.29, 1.82) is 0 Å². The quantitative estimate of drug-likeness (QED) is 0.895. The fourth-order valence-electron chi connectivity index (χ4n) is 2.90. The van der Waals surface area contributed by atoms with Crippen molar-refractivity contribution in [3.05, 3.63) is 50.4 Å². The van der Waals surface area contributed by atoms with Gasteiger partial charge in [0.25, 0.3) is 0 Å². The number of nitrogens with zero attached hydrogens (tertiary/aromatic N) is 1. The normalized spacial score (nSPS) is 20.7. The van der Waals surface area contributed by atoms with Crippen molar-refractivity contribution >= 4 is 22.9 Å². The Kier molecular flexibility index (Phi) is 3.61. The number of benzene rings is 1. The van der Waals surface area contributed by atoms with E-state index >= 15 is 0 Å². The van der Waals surface area contributed by atoms with Gasteiger partial charge >= 0.3 is 0 Å². The van der Waals surface area contributed by atoms with Gasteiger partial charge in [0.05, 0.1) is 10.7 Å². The molecule has 1 aliphatic carbocycles. The molecule has 1 aromatic heterocycles. The lowest BCUT2D eigenvalue weighted by Crippen LogP contribution is -2.28. The van der Waals surface area contributed by atoms with Gasteiger partial charge in [0.15, 0.2) is 0 Å². The second-order valence-electron chi connectivity index (χ2n) is 6.37. The van der Waals surface area contributed by atoms with E-state index in [1.807, 2.05) is 12.1 Å². The van der Waals surface area contributed by atoms with E-state index in [1.165, 1.54) is 16.1 Å². The second-order valence-corrected chi connectivity index (χ2v) is 7.93. The summed E-state index contributed by atoms with van der Waals surface area (Å²) in [7, 11) is 0. The first-order valence-corrected chi connectivity index (χ1v) is 8.11. The Hall–Kier alpha value is -0.900. The van der Waals surface area contributed by atoms with Gasteiger partial charge in [-0.25, -0.2) is 4.98 Å². The Labute approximate surface area is 129 Å². The van der Waals surface area contributed by atoms with Crippen LogP contribution in [0.3, 0.4) is 0 Å². The molecule has 0 aliphatic heterocycles. The van der Waals surface area contributed by atoms with E-state index in [-0.39, 0.29) is 11.5 Å². The monoisotopic (exact) mass is 306 g/mol. The fourth-order valence-corrected chi connectivity index (χ4v) is 4.14. The highest BCUT2D eigenvalue weighted by atomic mass is 35.5. The summed E-state index contributed by atoms with van der Waals surface area (Å²) in [5.41, 5.74) is 9.02. The molecule has 3 rings (SSSR count). The summed E-state index contributed by atoms with van der Waals surface area (Å²) in [5.74, 6) is 0. The molecule has 0 fully saturated rings. The van der Waals surface area contributed by atoms with Gasteiger partial charge in [-0.2, -0.15) is 0 Å². The molecule has 1 heterocycles. The maximum atomic E-state index is 6.30. The molecule has 1 aliphatic rings. The van der Waals surface area contributed by atoms with Gasteiger partial charge in [-0.1, -0.05) is 37.6 Å². The summed E-state index contributed by atoms with van der Waals surface area (Å²) in [6.45, 7) is 4.54. The fraction of sp³-hybridized carbons (Fsp3) is 0.438. The van der Waals surface area contributed by atoms with Crippen molar-refractivity contribution in [3.8, 4) is 0 Å². The molecule has 1 aromatic carbocycles. The first kappa shape index (κ1) is 14.1. The van der Waals surface area contributed by atoms with Gasteiger partial charge in [-0.15, -0.1) is 11.3 Å². The molecule has 106 valence electrons. The lowest BCUT2D eigenvalue weighted by atomic mass is 9.77. The third kappa shape index (κ3) is 2.90. The van der Waals surface area contributed by atoms with Crippen molar-refractivity contribution in [3.63, 3.8) is 0 Å². The molecule has 0 spiro atoms. The van der Waals surface area contributed by atoms with Crippen LogP contribution in [-0.4, -0.2) is 4.98 Å². The highest BCUT2D eigenvalue weighted by molar-refractivity contribution is 7.11. The van der Waals surface area contributed by atoms with E-state index in [2.05, 4.69) is 26.0 Å². The van der Waals surface area contributed by atoms with Crippen LogP contribution in [0.25, 0.3) is 0 Å². The Morgan fingerprint density at radius 3 is 2.75 bits per heavy atom. The maximum absolute atomic E-state index is 6.30. The topological polar surface area (TPSA) is 38.9 Å². The summed E-state index contributed by atoms with van der Waals surface area (Å²) in [6.07, 6.45) is 2.94. The molecule has 20 heavy (non-hydrogen) atoms. The van der Waals surface area contributed by atoms with Gasteiger partial charge in [-0.05, 0) is 36.0 Å². The first-order chi connectivity index (χ1) is 9.43. The van der Waals surface area contributed by atoms with Gasteiger partial charge < -0.3 is 5.73 Å². The van der Waals surface area contributed by atoms with Crippen LogP contribution in [0.4, 0.5) is 0 Å². The SMILES string of the molecule is CC1(C)Cc2nc(Cc3ccc(Cl)cc3)sc2C(N)C1. The molecule has 0 saturated carbocycles. The van der Waals surface area contributed by atoms with Crippen LogP contribution in [0.2, 0.25) is 5.02 Å². The summed E-state index contributed by atoms with van der Waals surface area (Å²) in [4.78, 5) is 6.11. The number of halogens is 1. The summed E-state index contributed by atoms with van der Waals surface area (Å²) in [6, 6.07) is 8.13. The molecule has 0 saturated heterocycles. The van der Waals surface area contributed by atoms with Gasteiger partial charge in [-0.3, -0.25) is 0 Å². The van der Waals surface area contributed by atoms with E-state index in [1.54, 1.807) is 11.3 Å². The maximum Gasteiger partial charge on any atom is 0.0975 e. The second kappa shape index (κ2) is 5.14. The number of thiazole rings is 1. The molecule has 0 radical (unpaired) electrons. The lowest BCUT2D eigenvalue weighted by molar-refractivity contribution is 0.282. The zero-order valence-corrected chi connectivity index (χ0v) is 13.4. The predicted molar refractivity (Wildman–Crippen MR) is 85.4 cm³/mol. The number of hydrogen-bond acceptors (Lipinski definition) is 3. The largest absolute Gasteiger partial charge is 0.323 e.